The number of rotatable bonds is 4. The maximum atomic E-state index is 9.02. The van der Waals surface area contributed by atoms with Crippen molar-refractivity contribution >= 4 is 12.6 Å². The van der Waals surface area contributed by atoms with E-state index < -0.39 is 7.12 Å². The highest BCUT2D eigenvalue weighted by atomic mass is 16.5. The van der Waals surface area contributed by atoms with Crippen LogP contribution in [-0.2, 0) is 16.1 Å². The van der Waals surface area contributed by atoms with Gasteiger partial charge in [0.15, 0.2) is 0 Å². The molecule has 0 saturated carbocycles. The van der Waals surface area contributed by atoms with Gasteiger partial charge in [0.2, 0.25) is 0 Å². The van der Waals surface area contributed by atoms with Crippen molar-refractivity contribution in [2.75, 3.05) is 0 Å². The molecule has 5 heteroatoms. The van der Waals surface area contributed by atoms with Gasteiger partial charge >= 0.3 is 7.12 Å². The molecule has 0 radical (unpaired) electrons. The van der Waals surface area contributed by atoms with Crippen molar-refractivity contribution in [2.24, 2.45) is 0 Å². The van der Waals surface area contributed by atoms with Crippen LogP contribution in [0.3, 0.4) is 0 Å². The van der Waals surface area contributed by atoms with Gasteiger partial charge in [-0.25, -0.2) is 0 Å². The third-order valence-corrected chi connectivity index (χ3v) is 3.42. The van der Waals surface area contributed by atoms with E-state index in [0.29, 0.717) is 12.1 Å². The van der Waals surface area contributed by atoms with Crippen LogP contribution in [0.25, 0.3) is 0 Å². The van der Waals surface area contributed by atoms with Crippen molar-refractivity contribution < 1.29 is 19.5 Å². The molecule has 1 saturated heterocycles. The molecule has 2 N–H and O–H groups in total. The predicted molar refractivity (Wildman–Crippen MR) is 74.1 cm³/mol. The number of ether oxygens (including phenoxy) is 2. The molecule has 0 aliphatic carbocycles. The fourth-order valence-corrected chi connectivity index (χ4v) is 2.48. The summed E-state index contributed by atoms with van der Waals surface area (Å²) < 4.78 is 11.6. The molecule has 0 bridgehead atoms. The zero-order chi connectivity index (χ0) is 13.8. The molecule has 19 heavy (non-hydrogen) atoms. The first-order valence-corrected chi connectivity index (χ1v) is 6.76. The van der Waals surface area contributed by atoms with Gasteiger partial charge < -0.3 is 19.5 Å². The first-order valence-electron chi connectivity index (χ1n) is 6.76. The molecule has 0 spiro atoms. The zero-order valence-corrected chi connectivity index (χ0v) is 11.5. The van der Waals surface area contributed by atoms with E-state index in [1.807, 2.05) is 12.1 Å². The van der Waals surface area contributed by atoms with Gasteiger partial charge in [-0.05, 0) is 37.7 Å². The fraction of sp³-hybridized carbons (Fsp3) is 0.571. The normalized spacial score (nSPS) is 27.3. The summed E-state index contributed by atoms with van der Waals surface area (Å²) in [4.78, 5) is 0. The van der Waals surface area contributed by atoms with Gasteiger partial charge in [-0.15, -0.1) is 0 Å². The topological polar surface area (TPSA) is 58.9 Å². The Balaban J connectivity index is 1.84. The van der Waals surface area contributed by atoms with E-state index in [2.05, 4.69) is 13.8 Å². The zero-order valence-electron chi connectivity index (χ0n) is 11.5. The highest BCUT2D eigenvalue weighted by molar-refractivity contribution is 6.58. The van der Waals surface area contributed by atoms with Gasteiger partial charge in [-0.1, -0.05) is 24.3 Å². The average Bonchev–Trinajstić information content (AvgIpc) is 2.36. The van der Waals surface area contributed by atoms with Crippen LogP contribution in [0.2, 0.25) is 0 Å². The summed E-state index contributed by atoms with van der Waals surface area (Å²) in [6, 6.07) is 7.14. The van der Waals surface area contributed by atoms with Crippen molar-refractivity contribution in [2.45, 2.75) is 51.6 Å². The van der Waals surface area contributed by atoms with E-state index in [-0.39, 0.29) is 18.3 Å². The van der Waals surface area contributed by atoms with E-state index in [0.717, 1.165) is 18.4 Å². The molecular formula is C14H21BO4. The largest absolute Gasteiger partial charge is 0.488 e. The SMILES string of the molecule is CC1CC(OCc2ccc(B(O)O)cc2)CC(C)O1. The second-order valence-electron chi connectivity index (χ2n) is 5.28. The molecule has 0 aromatic heterocycles. The minimum absolute atomic E-state index is 0.238. The summed E-state index contributed by atoms with van der Waals surface area (Å²) in [5.41, 5.74) is 1.54. The quantitative estimate of drug-likeness (QED) is 0.791. The molecule has 104 valence electrons. The third-order valence-electron chi connectivity index (χ3n) is 3.42. The molecule has 2 rings (SSSR count). The van der Waals surface area contributed by atoms with Gasteiger partial charge in [-0.2, -0.15) is 0 Å². The molecule has 4 nitrogen and oxygen atoms in total. The smallest absolute Gasteiger partial charge is 0.423 e. The minimum atomic E-state index is -1.41. The van der Waals surface area contributed by atoms with Gasteiger partial charge in [0, 0.05) is 0 Å². The minimum Gasteiger partial charge on any atom is -0.423 e. The lowest BCUT2D eigenvalue weighted by Crippen LogP contribution is -2.34. The Morgan fingerprint density at radius 3 is 2.26 bits per heavy atom. The Morgan fingerprint density at radius 1 is 1.16 bits per heavy atom. The molecule has 1 aliphatic rings. The summed E-state index contributed by atoms with van der Waals surface area (Å²) in [6.45, 7) is 4.69. The lowest BCUT2D eigenvalue weighted by Gasteiger charge is -2.32. The third kappa shape index (κ3) is 4.32. The Labute approximate surface area is 114 Å². The summed E-state index contributed by atoms with van der Waals surface area (Å²) in [6.07, 6.45) is 2.60. The molecule has 1 fully saturated rings. The first kappa shape index (κ1) is 14.5. The molecule has 1 aromatic rings. The van der Waals surface area contributed by atoms with E-state index in [1.54, 1.807) is 12.1 Å². The first-order chi connectivity index (χ1) is 9.04. The van der Waals surface area contributed by atoms with Crippen LogP contribution in [0, 0.1) is 0 Å². The second kappa shape index (κ2) is 6.52. The van der Waals surface area contributed by atoms with E-state index in [9.17, 15) is 0 Å². The van der Waals surface area contributed by atoms with Gasteiger partial charge in [-0.3, -0.25) is 0 Å². The Hall–Kier alpha value is -0.875. The maximum absolute atomic E-state index is 9.02. The summed E-state index contributed by atoms with van der Waals surface area (Å²) in [5.74, 6) is 0. The molecule has 1 aliphatic heterocycles. The highest BCUT2D eigenvalue weighted by Gasteiger charge is 2.24. The van der Waals surface area contributed by atoms with Crippen molar-refractivity contribution in [3.63, 3.8) is 0 Å². The Morgan fingerprint density at radius 2 is 1.74 bits per heavy atom. The van der Waals surface area contributed by atoms with Crippen LogP contribution in [0.15, 0.2) is 24.3 Å². The lowest BCUT2D eigenvalue weighted by atomic mass is 9.80. The highest BCUT2D eigenvalue weighted by Crippen LogP contribution is 2.22. The predicted octanol–water partition coefficient (Wildman–Crippen LogP) is 0.839. The van der Waals surface area contributed by atoms with Crippen LogP contribution in [-0.4, -0.2) is 35.5 Å². The maximum Gasteiger partial charge on any atom is 0.488 e. The van der Waals surface area contributed by atoms with Crippen molar-refractivity contribution in [1.29, 1.82) is 0 Å². The summed E-state index contributed by atoms with van der Waals surface area (Å²) in [7, 11) is -1.41. The molecule has 2 atom stereocenters. The van der Waals surface area contributed by atoms with Gasteiger partial charge in [0.1, 0.15) is 0 Å². The number of hydrogen-bond acceptors (Lipinski definition) is 4. The standard InChI is InChI=1S/C14H21BO4/c1-10-7-14(8-11(2)19-10)18-9-12-3-5-13(6-4-12)15(16)17/h3-6,10-11,14,16-17H,7-9H2,1-2H3. The average molecular weight is 264 g/mol. The number of benzene rings is 1. The molecule has 2 unspecified atom stereocenters. The van der Waals surface area contributed by atoms with Crippen molar-refractivity contribution in [1.82, 2.24) is 0 Å². The summed E-state index contributed by atoms with van der Waals surface area (Å²) in [5, 5.41) is 18.0. The Bertz CT molecular complexity index is 383. The van der Waals surface area contributed by atoms with Crippen LogP contribution in [0.4, 0.5) is 0 Å². The lowest BCUT2D eigenvalue weighted by molar-refractivity contribution is -0.106. The molecule has 1 aromatic carbocycles. The Kier molecular flexibility index (Phi) is 4.99. The van der Waals surface area contributed by atoms with E-state index in [1.165, 1.54) is 0 Å². The van der Waals surface area contributed by atoms with Gasteiger partial charge in [0.25, 0.3) is 0 Å². The van der Waals surface area contributed by atoms with Crippen molar-refractivity contribution in [3.05, 3.63) is 29.8 Å². The van der Waals surface area contributed by atoms with Crippen LogP contribution < -0.4 is 5.46 Å². The second-order valence-corrected chi connectivity index (χ2v) is 5.28. The van der Waals surface area contributed by atoms with E-state index >= 15 is 0 Å². The number of hydrogen-bond donors (Lipinski definition) is 2. The monoisotopic (exact) mass is 264 g/mol. The van der Waals surface area contributed by atoms with Crippen molar-refractivity contribution in [3.8, 4) is 0 Å². The van der Waals surface area contributed by atoms with Crippen LogP contribution >= 0.6 is 0 Å². The molecular weight excluding hydrogens is 243 g/mol. The van der Waals surface area contributed by atoms with Crippen LogP contribution in [0.5, 0.6) is 0 Å². The summed E-state index contributed by atoms with van der Waals surface area (Å²) >= 11 is 0. The van der Waals surface area contributed by atoms with Gasteiger partial charge in [0.05, 0.1) is 24.9 Å². The molecule has 0 amide bonds. The van der Waals surface area contributed by atoms with Crippen LogP contribution in [0.1, 0.15) is 32.3 Å². The van der Waals surface area contributed by atoms with E-state index in [4.69, 9.17) is 19.5 Å². The fourth-order valence-electron chi connectivity index (χ4n) is 2.48. The molecule has 1 heterocycles.